The van der Waals surface area contributed by atoms with Crippen molar-refractivity contribution in [3.05, 3.63) is 27.8 Å². The fraction of sp³-hybridized carbons (Fsp3) is 0.438. The van der Waals surface area contributed by atoms with Crippen molar-refractivity contribution in [3.63, 3.8) is 0 Å². The second-order valence-electron chi connectivity index (χ2n) is 6.16. The summed E-state index contributed by atoms with van der Waals surface area (Å²) < 4.78 is 25.0. The number of carboxylic acid groups (broad SMARTS) is 1. The average Bonchev–Trinajstić information content (AvgIpc) is 2.98. The Hall–Kier alpha value is -1.14. The lowest BCUT2D eigenvalue weighted by atomic mass is 10.2. The molecule has 2 aliphatic rings. The molecule has 26 heavy (non-hydrogen) atoms. The van der Waals surface area contributed by atoms with Crippen LogP contribution < -0.4 is 4.90 Å². The normalized spacial score (nSPS) is 25.4. The average molecular weight is 508 g/mol. The van der Waals surface area contributed by atoms with Gasteiger partial charge in [-0.25, -0.2) is 8.42 Å². The largest absolute Gasteiger partial charge is 0.481 e. The van der Waals surface area contributed by atoms with Gasteiger partial charge in [0.15, 0.2) is 15.0 Å². The maximum atomic E-state index is 12.1. The number of sulfone groups is 1. The maximum absolute atomic E-state index is 12.1. The van der Waals surface area contributed by atoms with Crippen molar-refractivity contribution < 1.29 is 23.1 Å². The number of aliphatic carboxylic acids is 1. The van der Waals surface area contributed by atoms with Gasteiger partial charge in [0.2, 0.25) is 5.91 Å². The number of carbonyl (C=O) groups excluding carboxylic acids is 1. The summed E-state index contributed by atoms with van der Waals surface area (Å²) in [6, 6.07) is 7.33. The summed E-state index contributed by atoms with van der Waals surface area (Å²) in [5.74, 6) is -1.20. The molecule has 1 aromatic rings. The molecule has 2 unspecified atom stereocenters. The number of aliphatic imine (C=N–C) groups is 1. The summed E-state index contributed by atoms with van der Waals surface area (Å²) in [5.41, 5.74) is 0.835. The van der Waals surface area contributed by atoms with Crippen molar-refractivity contribution in [3.8, 4) is 0 Å². The number of halogens is 1. The van der Waals surface area contributed by atoms with Gasteiger partial charge < -0.3 is 10.0 Å². The maximum Gasteiger partial charge on any atom is 0.303 e. The van der Waals surface area contributed by atoms with E-state index in [1.54, 1.807) is 0 Å². The molecule has 2 atom stereocenters. The SMILES string of the molecule is O=C(O)CCCC(=O)N=C1SC2CS(=O)(=O)CC2N1c1ccccc1I. The molecular formula is C16H17IN2O5S2. The highest BCUT2D eigenvalue weighted by atomic mass is 127. The van der Waals surface area contributed by atoms with Gasteiger partial charge in [-0.3, -0.25) is 9.59 Å². The van der Waals surface area contributed by atoms with Crippen molar-refractivity contribution >= 4 is 66.9 Å². The van der Waals surface area contributed by atoms with Crippen molar-refractivity contribution in [2.45, 2.75) is 30.6 Å². The lowest BCUT2D eigenvalue weighted by molar-refractivity contribution is -0.137. The molecule has 2 heterocycles. The number of hydrogen-bond acceptors (Lipinski definition) is 5. The van der Waals surface area contributed by atoms with E-state index in [0.717, 1.165) is 9.26 Å². The van der Waals surface area contributed by atoms with Gasteiger partial charge in [0.25, 0.3) is 0 Å². The molecule has 7 nitrogen and oxygen atoms in total. The molecule has 2 saturated heterocycles. The molecule has 140 valence electrons. The Morgan fingerprint density at radius 1 is 1.27 bits per heavy atom. The van der Waals surface area contributed by atoms with Gasteiger partial charge in [0.05, 0.1) is 23.2 Å². The molecule has 0 saturated carbocycles. The lowest BCUT2D eigenvalue weighted by Crippen LogP contribution is -2.38. The Kier molecular flexibility index (Phi) is 5.92. The first-order chi connectivity index (χ1) is 12.3. The number of benzene rings is 1. The summed E-state index contributed by atoms with van der Waals surface area (Å²) in [6.07, 6.45) is 0.219. The van der Waals surface area contributed by atoms with E-state index in [1.165, 1.54) is 11.8 Å². The van der Waals surface area contributed by atoms with Gasteiger partial charge in [0.1, 0.15) is 0 Å². The van der Waals surface area contributed by atoms with Gasteiger partial charge in [-0.15, -0.1) is 0 Å². The summed E-state index contributed by atoms with van der Waals surface area (Å²) in [7, 11) is -3.11. The number of thioether (sulfide) groups is 1. The van der Waals surface area contributed by atoms with Crippen molar-refractivity contribution in [1.29, 1.82) is 0 Å². The van der Waals surface area contributed by atoms with Crippen LogP contribution in [0.25, 0.3) is 0 Å². The van der Waals surface area contributed by atoms with Gasteiger partial charge >= 0.3 is 5.97 Å². The highest BCUT2D eigenvalue weighted by Crippen LogP contribution is 2.42. The monoisotopic (exact) mass is 508 g/mol. The molecule has 0 bridgehead atoms. The number of anilines is 1. The zero-order chi connectivity index (χ0) is 18.9. The molecule has 0 spiro atoms. The summed E-state index contributed by atoms with van der Waals surface area (Å²) in [4.78, 5) is 28.8. The van der Waals surface area contributed by atoms with Crippen LogP contribution in [0.15, 0.2) is 29.3 Å². The van der Waals surface area contributed by atoms with E-state index < -0.39 is 15.8 Å². The van der Waals surface area contributed by atoms with E-state index in [9.17, 15) is 18.0 Å². The first kappa shape index (κ1) is 19.6. The third-order valence-corrected chi connectivity index (χ3v) is 8.30. The minimum Gasteiger partial charge on any atom is -0.481 e. The predicted octanol–water partition coefficient (Wildman–Crippen LogP) is 2.15. The number of carboxylic acids is 1. The van der Waals surface area contributed by atoms with E-state index in [0.29, 0.717) is 5.17 Å². The topological polar surface area (TPSA) is 104 Å². The van der Waals surface area contributed by atoms with Crippen LogP contribution in [-0.4, -0.2) is 53.4 Å². The lowest BCUT2D eigenvalue weighted by Gasteiger charge is -2.25. The Bertz CT molecular complexity index is 871. The van der Waals surface area contributed by atoms with Crippen molar-refractivity contribution in [1.82, 2.24) is 0 Å². The van der Waals surface area contributed by atoms with E-state index >= 15 is 0 Å². The molecule has 0 aromatic heterocycles. The number of hydrogen-bond donors (Lipinski definition) is 1. The van der Waals surface area contributed by atoms with E-state index in [4.69, 9.17) is 5.11 Å². The zero-order valence-corrected chi connectivity index (χ0v) is 17.5. The minimum absolute atomic E-state index is 0.0435. The third kappa shape index (κ3) is 4.39. The number of amidine groups is 1. The Balaban J connectivity index is 1.87. The Morgan fingerprint density at radius 3 is 2.69 bits per heavy atom. The molecule has 0 radical (unpaired) electrons. The number of carbonyl (C=O) groups is 2. The highest BCUT2D eigenvalue weighted by molar-refractivity contribution is 14.1. The first-order valence-electron chi connectivity index (χ1n) is 8.01. The number of fused-ring (bicyclic) bond motifs is 1. The molecule has 1 amide bonds. The fourth-order valence-electron chi connectivity index (χ4n) is 3.05. The molecule has 0 aliphatic carbocycles. The smallest absolute Gasteiger partial charge is 0.303 e. The summed E-state index contributed by atoms with van der Waals surface area (Å²) in [6.45, 7) is 0. The molecule has 1 N–H and O–H groups in total. The Morgan fingerprint density at radius 2 is 2.00 bits per heavy atom. The molecule has 2 fully saturated rings. The van der Waals surface area contributed by atoms with E-state index in [1.807, 2.05) is 29.2 Å². The predicted molar refractivity (Wildman–Crippen MR) is 109 cm³/mol. The van der Waals surface area contributed by atoms with Gasteiger partial charge in [0, 0.05) is 21.7 Å². The van der Waals surface area contributed by atoms with Gasteiger partial charge in [-0.2, -0.15) is 4.99 Å². The van der Waals surface area contributed by atoms with Crippen LogP contribution in [0.5, 0.6) is 0 Å². The van der Waals surface area contributed by atoms with E-state index in [2.05, 4.69) is 27.6 Å². The minimum atomic E-state index is -3.11. The third-order valence-electron chi connectivity index (χ3n) is 4.18. The van der Waals surface area contributed by atoms with Crippen molar-refractivity contribution in [2.75, 3.05) is 16.4 Å². The molecule has 10 heteroatoms. The van der Waals surface area contributed by atoms with Crippen LogP contribution in [0.3, 0.4) is 0 Å². The molecule has 1 aromatic carbocycles. The van der Waals surface area contributed by atoms with Crippen LogP contribution in [0, 0.1) is 3.57 Å². The zero-order valence-electron chi connectivity index (χ0n) is 13.7. The number of amides is 1. The van der Waals surface area contributed by atoms with Gasteiger partial charge in [-0.1, -0.05) is 23.9 Å². The molecular weight excluding hydrogens is 491 g/mol. The molecule has 3 rings (SSSR count). The van der Waals surface area contributed by atoms with E-state index in [-0.39, 0.29) is 48.0 Å². The second-order valence-corrected chi connectivity index (χ2v) is 10.7. The Labute approximate surface area is 169 Å². The van der Waals surface area contributed by atoms with Crippen LogP contribution in [0.2, 0.25) is 0 Å². The summed E-state index contributed by atoms with van der Waals surface area (Å²) >= 11 is 3.50. The fourth-order valence-corrected chi connectivity index (χ4v) is 7.62. The van der Waals surface area contributed by atoms with Crippen molar-refractivity contribution in [2.24, 2.45) is 4.99 Å². The van der Waals surface area contributed by atoms with Crippen LogP contribution >= 0.6 is 34.4 Å². The highest BCUT2D eigenvalue weighted by Gasteiger charge is 2.49. The number of rotatable bonds is 5. The van der Waals surface area contributed by atoms with Crippen LogP contribution in [0.1, 0.15) is 19.3 Å². The standard InChI is InChI=1S/C16H17IN2O5S2/c17-10-4-1-2-5-11(10)19-12-8-26(23,24)9-13(12)25-16(19)18-14(20)6-3-7-15(21)22/h1-2,4-5,12-13H,3,6-9H2,(H,21,22). The van der Waals surface area contributed by atoms with Crippen LogP contribution in [0.4, 0.5) is 5.69 Å². The van der Waals surface area contributed by atoms with Crippen LogP contribution in [-0.2, 0) is 19.4 Å². The quantitative estimate of drug-likeness (QED) is 0.608. The summed E-state index contributed by atoms with van der Waals surface area (Å²) in [5, 5.41) is 9.02. The second kappa shape index (κ2) is 7.85. The first-order valence-corrected chi connectivity index (χ1v) is 11.8. The number of para-hydroxylation sites is 1. The number of nitrogens with zero attached hydrogens (tertiary/aromatic N) is 2. The van der Waals surface area contributed by atoms with Gasteiger partial charge in [-0.05, 0) is 41.1 Å². The molecule has 2 aliphatic heterocycles.